The lowest BCUT2D eigenvalue weighted by Crippen LogP contribution is -2.33. The van der Waals surface area contributed by atoms with Gasteiger partial charge in [0.25, 0.3) is 5.69 Å². The summed E-state index contributed by atoms with van der Waals surface area (Å²) >= 11 is 0. The van der Waals surface area contributed by atoms with Crippen molar-refractivity contribution in [3.8, 4) is 0 Å². The van der Waals surface area contributed by atoms with Gasteiger partial charge in [-0.2, -0.15) is 0 Å². The first-order chi connectivity index (χ1) is 13.5. The summed E-state index contributed by atoms with van der Waals surface area (Å²) in [5, 5.41) is 11.0. The van der Waals surface area contributed by atoms with Gasteiger partial charge in [-0.15, -0.1) is 0 Å². The first-order valence-electron chi connectivity index (χ1n) is 9.90. The van der Waals surface area contributed by atoms with Crippen LogP contribution in [0, 0.1) is 15.5 Å². The summed E-state index contributed by atoms with van der Waals surface area (Å²) in [6.07, 6.45) is 1.51. The van der Waals surface area contributed by atoms with Crippen LogP contribution in [0.25, 0.3) is 0 Å². The van der Waals surface area contributed by atoms with Gasteiger partial charge in [0.15, 0.2) is 5.78 Å². The van der Waals surface area contributed by atoms with Crippen molar-refractivity contribution in [2.45, 2.75) is 65.9 Å². The van der Waals surface area contributed by atoms with Crippen molar-refractivity contribution >= 4 is 17.4 Å². The number of Topliss-reactive ketones (excluding diaryl/α,β-unsaturated/α-hetero) is 1. The Labute approximate surface area is 170 Å². The molecule has 2 aliphatic rings. The molecular formula is C23H27NO5. The molecule has 6 nitrogen and oxygen atoms in total. The van der Waals surface area contributed by atoms with Gasteiger partial charge < -0.3 is 4.74 Å². The minimum atomic E-state index is -0.547. The Bertz CT molecular complexity index is 935. The zero-order valence-electron chi connectivity index (χ0n) is 17.6. The number of non-ortho nitro benzene ring substituents is 1. The van der Waals surface area contributed by atoms with Gasteiger partial charge in [0.05, 0.1) is 11.0 Å². The van der Waals surface area contributed by atoms with Crippen LogP contribution in [-0.4, -0.2) is 22.8 Å². The summed E-state index contributed by atoms with van der Waals surface area (Å²) in [5.41, 5.74) is 3.66. The van der Waals surface area contributed by atoms with Crippen LogP contribution >= 0.6 is 0 Å². The van der Waals surface area contributed by atoms with E-state index in [0.29, 0.717) is 29.6 Å². The number of ketones is 1. The summed E-state index contributed by atoms with van der Waals surface area (Å²) in [6.45, 7) is 9.65. The number of nitro benzene ring substituents is 1. The summed E-state index contributed by atoms with van der Waals surface area (Å²) in [5.74, 6) is -0.929. The van der Waals surface area contributed by atoms with Crippen molar-refractivity contribution in [3.63, 3.8) is 0 Å². The SMILES string of the molecule is CC1=C(C(=O)OC(C)C)C(c2ccc([N+](=O)[O-])cc2)C2=C(C1)CC(C)(C)CC2=O. The van der Waals surface area contributed by atoms with E-state index in [1.54, 1.807) is 26.0 Å². The highest BCUT2D eigenvalue weighted by Gasteiger charge is 2.42. The fourth-order valence-corrected chi connectivity index (χ4v) is 4.48. The monoisotopic (exact) mass is 397 g/mol. The number of allylic oxidation sites excluding steroid dienone is 3. The molecule has 29 heavy (non-hydrogen) atoms. The number of hydrogen-bond donors (Lipinski definition) is 0. The van der Waals surface area contributed by atoms with Crippen LogP contribution in [0.1, 0.15) is 65.4 Å². The minimum absolute atomic E-state index is 0.0260. The van der Waals surface area contributed by atoms with Crippen molar-refractivity contribution in [2.75, 3.05) is 0 Å². The van der Waals surface area contributed by atoms with E-state index in [1.165, 1.54) is 12.1 Å². The highest BCUT2D eigenvalue weighted by Crippen LogP contribution is 2.50. The predicted octanol–water partition coefficient (Wildman–Crippen LogP) is 5.04. The first-order valence-corrected chi connectivity index (χ1v) is 9.90. The number of carbonyl (C=O) groups excluding carboxylic acids is 2. The summed E-state index contributed by atoms with van der Waals surface area (Å²) in [7, 11) is 0. The Kier molecular flexibility index (Phi) is 5.48. The molecule has 1 aromatic carbocycles. The fraction of sp³-hybridized carbons (Fsp3) is 0.478. The van der Waals surface area contributed by atoms with Gasteiger partial charge >= 0.3 is 5.97 Å². The molecule has 1 atom stereocenters. The van der Waals surface area contributed by atoms with Crippen molar-refractivity contribution in [2.24, 2.45) is 5.41 Å². The maximum absolute atomic E-state index is 13.2. The molecule has 3 rings (SSSR count). The summed E-state index contributed by atoms with van der Waals surface area (Å²) < 4.78 is 5.49. The number of ether oxygens (including phenoxy) is 1. The average Bonchev–Trinajstić information content (AvgIpc) is 2.58. The van der Waals surface area contributed by atoms with E-state index in [2.05, 4.69) is 13.8 Å². The number of nitro groups is 1. The molecule has 0 aromatic heterocycles. The number of hydrogen-bond acceptors (Lipinski definition) is 5. The molecule has 0 bridgehead atoms. The van der Waals surface area contributed by atoms with Crippen LogP contribution in [0.15, 0.2) is 46.6 Å². The molecule has 1 unspecified atom stereocenters. The lowest BCUT2D eigenvalue weighted by Gasteiger charge is -2.39. The molecule has 0 radical (unpaired) electrons. The van der Waals surface area contributed by atoms with Crippen LogP contribution in [0.2, 0.25) is 0 Å². The summed E-state index contributed by atoms with van der Waals surface area (Å²) in [6, 6.07) is 6.12. The van der Waals surface area contributed by atoms with E-state index in [1.807, 2.05) is 6.92 Å². The maximum Gasteiger partial charge on any atom is 0.335 e. The van der Waals surface area contributed by atoms with Crippen LogP contribution in [0.3, 0.4) is 0 Å². The van der Waals surface area contributed by atoms with Crippen molar-refractivity contribution in [1.82, 2.24) is 0 Å². The number of nitrogens with zero attached hydrogens (tertiary/aromatic N) is 1. The molecule has 0 fully saturated rings. The lowest BCUT2D eigenvalue weighted by atomic mass is 9.64. The Morgan fingerprint density at radius 2 is 1.83 bits per heavy atom. The summed E-state index contributed by atoms with van der Waals surface area (Å²) in [4.78, 5) is 36.7. The number of benzene rings is 1. The van der Waals surface area contributed by atoms with E-state index in [9.17, 15) is 19.7 Å². The number of rotatable bonds is 4. The van der Waals surface area contributed by atoms with Gasteiger partial charge in [-0.1, -0.05) is 37.1 Å². The van der Waals surface area contributed by atoms with Gasteiger partial charge in [0.1, 0.15) is 0 Å². The van der Waals surface area contributed by atoms with Gasteiger partial charge in [-0.25, -0.2) is 4.79 Å². The minimum Gasteiger partial charge on any atom is -0.460 e. The van der Waals surface area contributed by atoms with E-state index in [-0.39, 0.29) is 23.0 Å². The molecule has 0 saturated carbocycles. The predicted molar refractivity (Wildman–Crippen MR) is 109 cm³/mol. The fourth-order valence-electron chi connectivity index (χ4n) is 4.48. The molecule has 0 N–H and O–H groups in total. The largest absolute Gasteiger partial charge is 0.460 e. The molecule has 154 valence electrons. The average molecular weight is 397 g/mol. The molecule has 0 heterocycles. The third-order valence-corrected chi connectivity index (χ3v) is 5.53. The normalized spacial score (nSPS) is 21.3. The van der Waals surface area contributed by atoms with Crippen LogP contribution < -0.4 is 0 Å². The van der Waals surface area contributed by atoms with E-state index >= 15 is 0 Å². The van der Waals surface area contributed by atoms with E-state index < -0.39 is 16.8 Å². The highest BCUT2D eigenvalue weighted by atomic mass is 16.6. The van der Waals surface area contributed by atoms with Crippen LogP contribution in [-0.2, 0) is 14.3 Å². The standard InChI is InChI=1S/C23H27NO5/c1-13(2)29-22(26)19-14(3)10-16-11-23(4,5)12-18(25)20(16)21(19)15-6-8-17(9-7-15)24(27)28/h6-9,13,21H,10-12H2,1-5H3. The molecule has 0 aliphatic heterocycles. The second kappa shape index (κ2) is 7.58. The third-order valence-electron chi connectivity index (χ3n) is 5.53. The Hall–Kier alpha value is -2.76. The molecule has 1 aromatic rings. The first kappa shape index (κ1) is 21.0. The zero-order valence-corrected chi connectivity index (χ0v) is 17.6. The smallest absolute Gasteiger partial charge is 0.335 e. The molecule has 0 saturated heterocycles. The van der Waals surface area contributed by atoms with Gasteiger partial charge in [-0.05, 0) is 44.6 Å². The topological polar surface area (TPSA) is 86.5 Å². The quantitative estimate of drug-likeness (QED) is 0.404. The van der Waals surface area contributed by atoms with E-state index in [0.717, 1.165) is 17.6 Å². The van der Waals surface area contributed by atoms with Crippen molar-refractivity contribution in [3.05, 3.63) is 62.2 Å². The lowest BCUT2D eigenvalue weighted by molar-refractivity contribution is -0.384. The maximum atomic E-state index is 13.2. The second-order valence-corrected chi connectivity index (χ2v) is 9.06. The molecule has 0 spiro atoms. The molecule has 6 heteroatoms. The highest BCUT2D eigenvalue weighted by molar-refractivity contribution is 6.04. The third kappa shape index (κ3) is 4.16. The molecular weight excluding hydrogens is 370 g/mol. The molecule has 2 aliphatic carbocycles. The Morgan fingerprint density at radius 1 is 1.21 bits per heavy atom. The number of esters is 1. The van der Waals surface area contributed by atoms with Crippen molar-refractivity contribution in [1.29, 1.82) is 0 Å². The van der Waals surface area contributed by atoms with Crippen molar-refractivity contribution < 1.29 is 19.2 Å². The van der Waals surface area contributed by atoms with Gasteiger partial charge in [0.2, 0.25) is 0 Å². The van der Waals surface area contributed by atoms with Gasteiger partial charge in [0, 0.05) is 35.6 Å². The Balaban J connectivity index is 2.15. The Morgan fingerprint density at radius 3 is 2.38 bits per heavy atom. The van der Waals surface area contributed by atoms with E-state index in [4.69, 9.17) is 4.74 Å². The van der Waals surface area contributed by atoms with Crippen LogP contribution in [0.5, 0.6) is 0 Å². The van der Waals surface area contributed by atoms with Crippen LogP contribution in [0.4, 0.5) is 5.69 Å². The zero-order chi connectivity index (χ0) is 21.5. The number of carbonyl (C=O) groups is 2. The van der Waals surface area contributed by atoms with Gasteiger partial charge in [-0.3, -0.25) is 14.9 Å². The molecule has 0 amide bonds. The second-order valence-electron chi connectivity index (χ2n) is 9.06.